The summed E-state index contributed by atoms with van der Waals surface area (Å²) in [4.78, 5) is 28.5. The molecule has 0 radical (unpaired) electrons. The van der Waals surface area contributed by atoms with Crippen molar-refractivity contribution < 1.29 is 18.0 Å². The zero-order valence-electron chi connectivity index (χ0n) is 22.1. The summed E-state index contributed by atoms with van der Waals surface area (Å²) >= 11 is 5.99. The monoisotopic (exact) mass is 555 g/mol. The molecule has 1 atom stereocenters. The van der Waals surface area contributed by atoms with Gasteiger partial charge in [-0.2, -0.15) is 0 Å². The van der Waals surface area contributed by atoms with Crippen LogP contribution in [0.2, 0.25) is 5.02 Å². The van der Waals surface area contributed by atoms with Crippen molar-refractivity contribution in [3.05, 3.63) is 95.0 Å². The van der Waals surface area contributed by atoms with Gasteiger partial charge in [0.15, 0.2) is 0 Å². The summed E-state index contributed by atoms with van der Waals surface area (Å²) in [5, 5.41) is 3.29. The Kier molecular flexibility index (Phi) is 9.94. The molecule has 3 aromatic carbocycles. The summed E-state index contributed by atoms with van der Waals surface area (Å²) in [6, 6.07) is 21.2. The normalized spacial score (nSPS) is 12.2. The number of rotatable bonds is 11. The average Bonchev–Trinajstić information content (AvgIpc) is 2.88. The number of amides is 2. The summed E-state index contributed by atoms with van der Waals surface area (Å²) in [5.41, 5.74) is 2.13. The fourth-order valence-electron chi connectivity index (χ4n) is 4.05. The highest BCUT2D eigenvalue weighted by Crippen LogP contribution is 2.26. The predicted octanol–water partition coefficient (Wildman–Crippen LogP) is 5.18. The molecule has 0 heterocycles. The number of carbonyl (C=O) groups excluding carboxylic acids is 2. The van der Waals surface area contributed by atoms with E-state index < -0.39 is 28.5 Å². The number of nitrogens with zero attached hydrogens (tertiary/aromatic N) is 2. The number of hydrogen-bond acceptors (Lipinski definition) is 4. The molecule has 0 aromatic heterocycles. The Morgan fingerprint density at radius 2 is 1.53 bits per heavy atom. The predicted molar refractivity (Wildman–Crippen MR) is 152 cm³/mol. The van der Waals surface area contributed by atoms with Crippen LogP contribution in [0.4, 0.5) is 5.69 Å². The zero-order valence-corrected chi connectivity index (χ0v) is 23.7. The van der Waals surface area contributed by atoms with Gasteiger partial charge in [-0.05, 0) is 69.2 Å². The molecule has 0 fully saturated rings. The van der Waals surface area contributed by atoms with E-state index in [0.717, 1.165) is 15.4 Å². The Balaban J connectivity index is 2.04. The van der Waals surface area contributed by atoms with Gasteiger partial charge in [-0.3, -0.25) is 13.9 Å². The van der Waals surface area contributed by atoms with E-state index in [9.17, 15) is 18.0 Å². The van der Waals surface area contributed by atoms with Gasteiger partial charge in [0.05, 0.1) is 10.6 Å². The van der Waals surface area contributed by atoms with Gasteiger partial charge in [0.2, 0.25) is 11.8 Å². The van der Waals surface area contributed by atoms with Gasteiger partial charge in [0, 0.05) is 17.6 Å². The van der Waals surface area contributed by atoms with Crippen molar-refractivity contribution in [3.8, 4) is 0 Å². The standard InChI is InChI=1S/C29H34ClN3O4S/c1-5-27(29(35)31-21(2)3)32(19-23-9-7-6-8-10-23)28(34)20-33(25-15-11-22(4)12-16-25)38(36,37)26-17-13-24(30)14-18-26/h6-18,21,27H,5,19-20H2,1-4H3,(H,31,35). The van der Waals surface area contributed by atoms with Crippen molar-refractivity contribution in [2.75, 3.05) is 10.8 Å². The van der Waals surface area contributed by atoms with Crippen molar-refractivity contribution in [3.63, 3.8) is 0 Å². The maximum atomic E-state index is 13.9. The molecule has 0 aliphatic carbocycles. The summed E-state index contributed by atoms with van der Waals surface area (Å²) in [7, 11) is -4.13. The zero-order chi connectivity index (χ0) is 27.9. The Labute approximate surface area is 230 Å². The molecule has 0 saturated heterocycles. The molecule has 38 heavy (non-hydrogen) atoms. The lowest BCUT2D eigenvalue weighted by Gasteiger charge is -2.33. The second kappa shape index (κ2) is 12.9. The molecule has 0 spiro atoms. The third-order valence-electron chi connectivity index (χ3n) is 6.02. The molecule has 1 unspecified atom stereocenters. The Bertz CT molecular complexity index is 1330. The minimum absolute atomic E-state index is 0.00877. The Morgan fingerprint density at radius 1 is 0.921 bits per heavy atom. The highest BCUT2D eigenvalue weighted by atomic mass is 35.5. The quantitative estimate of drug-likeness (QED) is 0.353. The molecule has 0 saturated carbocycles. The van der Waals surface area contributed by atoms with Gasteiger partial charge in [0.1, 0.15) is 12.6 Å². The lowest BCUT2D eigenvalue weighted by molar-refractivity contribution is -0.140. The third kappa shape index (κ3) is 7.36. The number of hydrogen-bond donors (Lipinski definition) is 1. The first-order valence-corrected chi connectivity index (χ1v) is 14.3. The van der Waals surface area contributed by atoms with Crippen LogP contribution in [0.25, 0.3) is 0 Å². The van der Waals surface area contributed by atoms with Crippen molar-refractivity contribution >= 4 is 39.1 Å². The lowest BCUT2D eigenvalue weighted by Crippen LogP contribution is -2.53. The molecule has 0 bridgehead atoms. The Morgan fingerprint density at radius 3 is 2.08 bits per heavy atom. The molecule has 7 nitrogen and oxygen atoms in total. The van der Waals surface area contributed by atoms with E-state index in [1.165, 1.54) is 29.2 Å². The number of carbonyl (C=O) groups is 2. The summed E-state index contributed by atoms with van der Waals surface area (Å²) < 4.78 is 28.7. The van der Waals surface area contributed by atoms with E-state index in [1.54, 1.807) is 24.3 Å². The van der Waals surface area contributed by atoms with Gasteiger partial charge in [-0.1, -0.05) is 66.6 Å². The topological polar surface area (TPSA) is 86.8 Å². The number of anilines is 1. The maximum Gasteiger partial charge on any atom is 0.264 e. The minimum Gasteiger partial charge on any atom is -0.352 e. The van der Waals surface area contributed by atoms with Gasteiger partial charge in [0.25, 0.3) is 10.0 Å². The van der Waals surface area contributed by atoms with Crippen molar-refractivity contribution in [2.45, 2.75) is 57.6 Å². The van der Waals surface area contributed by atoms with Gasteiger partial charge in [-0.25, -0.2) is 8.42 Å². The highest BCUT2D eigenvalue weighted by molar-refractivity contribution is 7.92. The second-order valence-corrected chi connectivity index (χ2v) is 11.7. The van der Waals surface area contributed by atoms with Crippen molar-refractivity contribution in [1.82, 2.24) is 10.2 Å². The minimum atomic E-state index is -4.13. The lowest BCUT2D eigenvalue weighted by atomic mass is 10.1. The first-order valence-electron chi connectivity index (χ1n) is 12.5. The fourth-order valence-corrected chi connectivity index (χ4v) is 5.59. The summed E-state index contributed by atoms with van der Waals surface area (Å²) in [6.07, 6.45) is 0.367. The van der Waals surface area contributed by atoms with Crippen LogP contribution in [0.15, 0.2) is 83.8 Å². The average molecular weight is 556 g/mol. The molecule has 1 N–H and O–H groups in total. The van der Waals surface area contributed by atoms with E-state index in [1.807, 2.05) is 58.0 Å². The first-order chi connectivity index (χ1) is 18.0. The molecule has 0 aliphatic rings. The molecule has 202 valence electrons. The van der Waals surface area contributed by atoms with Crippen LogP contribution in [0.3, 0.4) is 0 Å². The van der Waals surface area contributed by atoms with Crippen LogP contribution in [-0.4, -0.2) is 43.8 Å². The largest absolute Gasteiger partial charge is 0.352 e. The van der Waals surface area contributed by atoms with Crippen LogP contribution in [0, 0.1) is 6.92 Å². The number of aryl methyl sites for hydroxylation is 1. The summed E-state index contributed by atoms with van der Waals surface area (Å²) in [6.45, 7) is 7.11. The number of halogens is 1. The first kappa shape index (κ1) is 29.2. The van der Waals surface area contributed by atoms with Gasteiger partial charge in [-0.15, -0.1) is 0 Å². The SMILES string of the molecule is CCC(C(=O)NC(C)C)N(Cc1ccccc1)C(=O)CN(c1ccc(C)cc1)S(=O)(=O)c1ccc(Cl)cc1. The van der Waals surface area contributed by atoms with Crippen LogP contribution >= 0.6 is 11.6 Å². The van der Waals surface area contributed by atoms with Crippen LogP contribution in [0.5, 0.6) is 0 Å². The second-order valence-electron chi connectivity index (χ2n) is 9.40. The van der Waals surface area contributed by atoms with Crippen LogP contribution in [0.1, 0.15) is 38.3 Å². The van der Waals surface area contributed by atoms with Crippen LogP contribution < -0.4 is 9.62 Å². The van der Waals surface area contributed by atoms with Crippen molar-refractivity contribution in [1.29, 1.82) is 0 Å². The molecule has 0 aliphatic heterocycles. The van der Waals surface area contributed by atoms with Crippen LogP contribution in [-0.2, 0) is 26.2 Å². The van der Waals surface area contributed by atoms with E-state index in [4.69, 9.17) is 11.6 Å². The maximum absolute atomic E-state index is 13.9. The fraction of sp³-hybridized carbons (Fsp3) is 0.310. The number of benzene rings is 3. The molecular weight excluding hydrogens is 522 g/mol. The smallest absolute Gasteiger partial charge is 0.264 e. The van der Waals surface area contributed by atoms with Gasteiger partial charge < -0.3 is 10.2 Å². The number of nitrogens with one attached hydrogen (secondary N) is 1. The van der Waals surface area contributed by atoms with E-state index in [0.29, 0.717) is 17.1 Å². The Hall–Kier alpha value is -3.36. The summed E-state index contributed by atoms with van der Waals surface area (Å²) in [5.74, 6) is -0.771. The highest BCUT2D eigenvalue weighted by Gasteiger charge is 2.33. The van der Waals surface area contributed by atoms with E-state index in [2.05, 4.69) is 5.32 Å². The van der Waals surface area contributed by atoms with E-state index >= 15 is 0 Å². The van der Waals surface area contributed by atoms with Gasteiger partial charge >= 0.3 is 0 Å². The third-order valence-corrected chi connectivity index (χ3v) is 8.06. The molecule has 3 rings (SSSR count). The number of sulfonamides is 1. The molecule has 3 aromatic rings. The van der Waals surface area contributed by atoms with Crippen molar-refractivity contribution in [2.24, 2.45) is 0 Å². The molecule has 9 heteroatoms. The molecular formula is C29H34ClN3O4S. The van der Waals surface area contributed by atoms with E-state index in [-0.39, 0.29) is 23.4 Å². The molecule has 2 amide bonds.